The topological polar surface area (TPSA) is 0 Å². The zero-order valence-corrected chi connectivity index (χ0v) is 11.0. The molecule has 0 heterocycles. The molecule has 0 nitrogen and oxygen atoms in total. The second-order valence-corrected chi connectivity index (χ2v) is 64.7. The van der Waals surface area contributed by atoms with Gasteiger partial charge >= 0.3 is 63.8 Å². The summed E-state index contributed by atoms with van der Waals surface area (Å²) in [5.41, 5.74) is 0. The van der Waals surface area contributed by atoms with Gasteiger partial charge in [0.15, 0.2) is 0 Å². The van der Waals surface area contributed by atoms with E-state index >= 15 is 0 Å². The van der Waals surface area contributed by atoms with Crippen LogP contribution in [0.4, 0.5) is 0 Å². The van der Waals surface area contributed by atoms with Gasteiger partial charge in [-0.25, -0.2) is 0 Å². The fourth-order valence-electron chi connectivity index (χ4n) is 0. The van der Waals surface area contributed by atoms with E-state index < -0.39 is 7.86 Å². The van der Waals surface area contributed by atoms with Crippen molar-refractivity contribution in [3.63, 3.8) is 0 Å². The summed E-state index contributed by atoms with van der Waals surface area (Å²) in [6.45, 7) is 0. The first-order valence-electron chi connectivity index (χ1n) is 0.567. The molecule has 0 aromatic rings. The molecule has 0 fully saturated rings. The maximum atomic E-state index is 2.51. The minimum atomic E-state index is -0.633. The Kier molecular flexibility index (Phi) is 7.26. The average Bonchev–Trinajstić information content (AvgIpc) is 0.811. The van der Waals surface area contributed by atoms with E-state index in [0.29, 0.717) is 0 Å². The normalized spacial score (nSPS) is 6.75. The van der Waals surface area contributed by atoms with Crippen LogP contribution in [0.3, 0.4) is 0 Å². The third kappa shape index (κ3) is 8.89. The van der Waals surface area contributed by atoms with Crippen molar-refractivity contribution < 1.29 is 0 Å². The van der Waals surface area contributed by atoms with Crippen molar-refractivity contribution in [3.8, 4) is 0 Å². The minimum absolute atomic E-state index is 0.633. The average molecular weight is 499 g/mol. The van der Waals surface area contributed by atoms with Gasteiger partial charge in [-0.3, -0.25) is 0 Å². The Hall–Kier alpha value is 2.99. The van der Waals surface area contributed by atoms with Crippen LogP contribution in [0.2, 0.25) is 0 Å². The van der Waals surface area contributed by atoms with Crippen LogP contribution in [0.25, 0.3) is 0 Å². The van der Waals surface area contributed by atoms with Crippen LogP contribution < -0.4 is 0 Å². The second kappa shape index (κ2) is 4.16. The molecule has 0 aliphatic carbocycles. The Labute approximate surface area is 61.8 Å². The van der Waals surface area contributed by atoms with Crippen molar-refractivity contribution in [1.82, 2.24) is 0 Å². The molecule has 0 aliphatic rings. The molecular weight excluding hydrogens is 499 g/mol. The molecule has 0 saturated heterocycles. The van der Waals surface area contributed by atoms with Gasteiger partial charge in [-0.1, -0.05) is 0 Å². The molecule has 0 rings (SSSR count). The van der Waals surface area contributed by atoms with Crippen molar-refractivity contribution in [1.29, 1.82) is 0 Å². The van der Waals surface area contributed by atoms with Crippen LogP contribution in [0.5, 0.6) is 0 Å². The summed E-state index contributed by atoms with van der Waals surface area (Å²) in [4.78, 5) is 0. The number of hydrogen-bond acceptors (Lipinski definition) is 0. The first kappa shape index (κ1) is 6.99. The third-order valence-corrected chi connectivity index (χ3v) is 0. The Bertz CT molecular complexity index is 8.00. The number of halogens is 3. The molecule has 0 spiro atoms. The van der Waals surface area contributed by atoms with E-state index in [1.807, 2.05) is 0 Å². The Morgan fingerprint density at radius 1 is 1.00 bits per heavy atom. The van der Waals surface area contributed by atoms with Crippen molar-refractivity contribution in [2.75, 3.05) is 0 Å². The van der Waals surface area contributed by atoms with Crippen LogP contribution >= 0.6 is 55.9 Å². The molecule has 0 bridgehead atoms. The van der Waals surface area contributed by atoms with E-state index in [-0.39, 0.29) is 0 Å². The van der Waals surface area contributed by atoms with Crippen molar-refractivity contribution >= 4 is 63.8 Å². The van der Waals surface area contributed by atoms with Gasteiger partial charge in [0.2, 0.25) is 0 Å². The molecule has 0 radical (unpaired) electrons. The van der Waals surface area contributed by atoms with E-state index in [1.54, 1.807) is 0 Å². The summed E-state index contributed by atoms with van der Waals surface area (Å²) in [6.07, 6.45) is 0. The molecule has 24 valence electrons. The Morgan fingerprint density at radius 3 is 1.00 bits per heavy atom. The number of hydrogen-bond donors (Lipinski definition) is 0. The molecule has 0 aromatic carbocycles. The van der Waals surface area contributed by atoms with Gasteiger partial charge in [0.1, 0.15) is 0 Å². The van der Waals surface area contributed by atoms with Crippen LogP contribution in [0.15, 0.2) is 0 Å². The Morgan fingerprint density at radius 2 is 1.00 bits per heavy atom. The van der Waals surface area contributed by atoms with Crippen molar-refractivity contribution in [2.24, 2.45) is 0 Å². The standard InChI is InChI=1S/3HI.Sn/h3*1H;/q;;;+4/p-3. The van der Waals surface area contributed by atoms with Gasteiger partial charge in [-0.2, -0.15) is 0 Å². The molecule has 4 heteroatoms. The molecular formula is I3Sn+. The van der Waals surface area contributed by atoms with Crippen LogP contribution in [-0.2, 0) is 0 Å². The first-order chi connectivity index (χ1) is 1.73. The van der Waals surface area contributed by atoms with Gasteiger partial charge in [0.05, 0.1) is 0 Å². The van der Waals surface area contributed by atoms with Gasteiger partial charge in [0, 0.05) is 0 Å². The summed E-state index contributed by atoms with van der Waals surface area (Å²) >= 11 is 7.54. The molecule has 0 unspecified atom stereocenters. The van der Waals surface area contributed by atoms with Gasteiger partial charge in [-0.15, -0.1) is 0 Å². The van der Waals surface area contributed by atoms with E-state index in [0.717, 1.165) is 0 Å². The summed E-state index contributed by atoms with van der Waals surface area (Å²) in [5.74, 6) is 0. The fraction of sp³-hybridized carbons (Fsp3) is 0. The predicted molar refractivity (Wildman–Crippen MR) is 47.8 cm³/mol. The second-order valence-electron chi connectivity index (χ2n) is 0.214. The first-order valence-corrected chi connectivity index (χ1v) is 25.5. The zero-order chi connectivity index (χ0) is 3.58. The summed E-state index contributed by atoms with van der Waals surface area (Å²) in [6, 6.07) is 0. The predicted octanol–water partition coefficient (Wildman–Crippen LogP) is 2.28. The monoisotopic (exact) mass is 501 g/mol. The molecule has 0 aliphatic heterocycles. The van der Waals surface area contributed by atoms with E-state index in [2.05, 4.69) is 55.9 Å². The molecule has 0 aromatic heterocycles. The Balaban J connectivity index is 2.32. The molecule has 0 atom stereocenters. The van der Waals surface area contributed by atoms with Crippen molar-refractivity contribution in [2.45, 2.75) is 0 Å². The van der Waals surface area contributed by atoms with Crippen LogP contribution in [-0.4, -0.2) is 7.86 Å². The van der Waals surface area contributed by atoms with E-state index in [9.17, 15) is 0 Å². The molecule has 0 amide bonds. The van der Waals surface area contributed by atoms with Gasteiger partial charge < -0.3 is 0 Å². The summed E-state index contributed by atoms with van der Waals surface area (Å²) < 4.78 is 0. The summed E-state index contributed by atoms with van der Waals surface area (Å²) in [7, 11) is -0.633. The third-order valence-electron chi connectivity index (χ3n) is 0. The molecule has 0 N–H and O–H groups in total. The van der Waals surface area contributed by atoms with E-state index in [1.165, 1.54) is 0 Å². The fourth-order valence-corrected chi connectivity index (χ4v) is 0. The molecule has 4 heavy (non-hydrogen) atoms. The maximum absolute atomic E-state index is 2.51. The SMILES string of the molecule is [I][Sn+]([I])[I]. The van der Waals surface area contributed by atoms with Gasteiger partial charge in [-0.05, 0) is 0 Å². The van der Waals surface area contributed by atoms with E-state index in [4.69, 9.17) is 0 Å². The number of rotatable bonds is 0. The summed E-state index contributed by atoms with van der Waals surface area (Å²) in [5, 5.41) is 0. The quantitative estimate of drug-likeness (QED) is 0.355. The van der Waals surface area contributed by atoms with Crippen molar-refractivity contribution in [3.05, 3.63) is 0 Å². The van der Waals surface area contributed by atoms with Crippen LogP contribution in [0.1, 0.15) is 0 Å². The van der Waals surface area contributed by atoms with Crippen LogP contribution in [0, 0.1) is 0 Å². The molecule has 0 saturated carbocycles. The zero-order valence-electron chi connectivity index (χ0n) is 1.63. The van der Waals surface area contributed by atoms with Gasteiger partial charge in [0.25, 0.3) is 0 Å².